The van der Waals surface area contributed by atoms with Gasteiger partial charge in [0.1, 0.15) is 16.8 Å². The summed E-state index contributed by atoms with van der Waals surface area (Å²) in [4.78, 5) is 10.9. The summed E-state index contributed by atoms with van der Waals surface area (Å²) in [7, 11) is 0. The number of rotatable bonds is 3. The maximum Gasteiger partial charge on any atom is 0.134 e. The number of anilines is 1. The molecule has 1 aromatic heterocycles. The molecule has 0 atom stereocenters. The van der Waals surface area contributed by atoms with Crippen molar-refractivity contribution >= 4 is 17.4 Å². The molecule has 2 heterocycles. The quantitative estimate of drug-likeness (QED) is 0.779. The number of aryl methyl sites for hydroxylation is 1. The van der Waals surface area contributed by atoms with E-state index in [9.17, 15) is 0 Å². The van der Waals surface area contributed by atoms with Crippen molar-refractivity contribution in [1.82, 2.24) is 9.97 Å². The van der Waals surface area contributed by atoms with Gasteiger partial charge in [-0.2, -0.15) is 0 Å². The van der Waals surface area contributed by atoms with Crippen LogP contribution in [-0.4, -0.2) is 23.1 Å². The summed E-state index contributed by atoms with van der Waals surface area (Å²) in [5.74, 6) is 1.73. The van der Waals surface area contributed by atoms with E-state index in [0.717, 1.165) is 24.7 Å². The summed E-state index contributed by atoms with van der Waals surface area (Å²) < 4.78 is 0. The second kappa shape index (κ2) is 5.43. The van der Waals surface area contributed by atoms with E-state index in [1.165, 1.54) is 25.7 Å². The molecule has 1 aromatic rings. The fourth-order valence-corrected chi connectivity index (χ4v) is 3.07. The van der Waals surface area contributed by atoms with Gasteiger partial charge in [0.2, 0.25) is 0 Å². The van der Waals surface area contributed by atoms with Crippen LogP contribution in [0.4, 0.5) is 5.82 Å². The fraction of sp³-hybridized carbons (Fsp3) is 0.714. The maximum absolute atomic E-state index is 6.00. The molecule has 1 fully saturated rings. The highest BCUT2D eigenvalue weighted by Crippen LogP contribution is 2.38. The lowest BCUT2D eigenvalue weighted by atomic mass is 9.74. The highest BCUT2D eigenvalue weighted by Gasteiger charge is 2.31. The van der Waals surface area contributed by atoms with Crippen LogP contribution < -0.4 is 4.90 Å². The Labute approximate surface area is 115 Å². The van der Waals surface area contributed by atoms with Gasteiger partial charge in [-0.1, -0.05) is 38.3 Å². The van der Waals surface area contributed by atoms with Crippen molar-refractivity contribution < 1.29 is 0 Å². The Morgan fingerprint density at radius 3 is 2.33 bits per heavy atom. The minimum Gasteiger partial charge on any atom is -0.356 e. The van der Waals surface area contributed by atoms with Gasteiger partial charge in [0.05, 0.1) is 0 Å². The van der Waals surface area contributed by atoms with Crippen LogP contribution in [0.1, 0.15) is 45.4 Å². The van der Waals surface area contributed by atoms with Crippen LogP contribution in [0.25, 0.3) is 0 Å². The Kier molecular flexibility index (Phi) is 4.10. The van der Waals surface area contributed by atoms with Crippen molar-refractivity contribution in [3.8, 4) is 0 Å². The molecule has 1 saturated heterocycles. The number of hydrogen-bond donors (Lipinski definition) is 0. The fourth-order valence-electron chi connectivity index (χ4n) is 2.85. The highest BCUT2D eigenvalue weighted by molar-refractivity contribution is 6.29. The third-order valence-corrected chi connectivity index (χ3v) is 4.63. The average molecular weight is 268 g/mol. The van der Waals surface area contributed by atoms with Crippen LogP contribution in [0.3, 0.4) is 0 Å². The molecule has 0 spiro atoms. The van der Waals surface area contributed by atoms with Crippen molar-refractivity contribution in [3.63, 3.8) is 0 Å². The van der Waals surface area contributed by atoms with E-state index < -0.39 is 0 Å². The normalized spacial score (nSPS) is 19.0. The van der Waals surface area contributed by atoms with Gasteiger partial charge in [0.15, 0.2) is 0 Å². The van der Waals surface area contributed by atoms with Crippen molar-refractivity contribution in [1.29, 1.82) is 0 Å². The molecule has 0 aromatic carbocycles. The average Bonchev–Trinajstić information content (AvgIpc) is 2.38. The third-order valence-electron chi connectivity index (χ3n) is 4.44. The van der Waals surface area contributed by atoms with Crippen LogP contribution >= 0.6 is 11.6 Å². The second-order valence-electron chi connectivity index (χ2n) is 5.29. The van der Waals surface area contributed by atoms with Gasteiger partial charge in [0, 0.05) is 19.2 Å². The lowest BCUT2D eigenvalue weighted by Gasteiger charge is -2.41. The van der Waals surface area contributed by atoms with Crippen molar-refractivity contribution in [2.45, 2.75) is 46.5 Å². The molecule has 0 unspecified atom stereocenters. The van der Waals surface area contributed by atoms with Gasteiger partial charge in [-0.15, -0.1) is 0 Å². The SMILES string of the molecule is CCC1(CC)CCN(c2cc(Cl)nc(C)n2)CC1. The Hall–Kier alpha value is -0.830. The van der Waals surface area contributed by atoms with E-state index in [1.807, 2.05) is 13.0 Å². The molecular weight excluding hydrogens is 246 g/mol. The first-order chi connectivity index (χ1) is 8.58. The Bertz CT molecular complexity index is 385. The largest absolute Gasteiger partial charge is 0.356 e. The van der Waals surface area contributed by atoms with E-state index >= 15 is 0 Å². The molecule has 4 heteroatoms. The molecular formula is C14H22ClN3. The number of hydrogen-bond acceptors (Lipinski definition) is 3. The summed E-state index contributed by atoms with van der Waals surface area (Å²) in [6, 6.07) is 1.87. The second-order valence-corrected chi connectivity index (χ2v) is 5.68. The zero-order valence-corrected chi connectivity index (χ0v) is 12.3. The molecule has 0 aliphatic carbocycles. The maximum atomic E-state index is 6.00. The van der Waals surface area contributed by atoms with E-state index in [0.29, 0.717) is 10.6 Å². The van der Waals surface area contributed by atoms with Crippen molar-refractivity contribution in [2.24, 2.45) is 5.41 Å². The first-order valence-electron chi connectivity index (χ1n) is 6.85. The molecule has 100 valence electrons. The number of halogens is 1. The van der Waals surface area contributed by atoms with E-state index in [4.69, 9.17) is 11.6 Å². The van der Waals surface area contributed by atoms with Crippen LogP contribution in [0, 0.1) is 12.3 Å². The standard InChI is InChI=1S/C14H22ClN3/c1-4-14(5-2)6-8-18(9-7-14)13-10-12(15)16-11(3)17-13/h10H,4-9H2,1-3H3. The Morgan fingerprint density at radius 2 is 1.83 bits per heavy atom. The van der Waals surface area contributed by atoms with E-state index in [-0.39, 0.29) is 0 Å². The summed E-state index contributed by atoms with van der Waals surface area (Å²) in [5.41, 5.74) is 0.544. The molecule has 2 rings (SSSR count). The minimum atomic E-state index is 0.542. The molecule has 1 aliphatic heterocycles. The van der Waals surface area contributed by atoms with Crippen LogP contribution in [0.15, 0.2) is 6.07 Å². The van der Waals surface area contributed by atoms with Crippen LogP contribution in [-0.2, 0) is 0 Å². The zero-order chi connectivity index (χ0) is 13.2. The first-order valence-corrected chi connectivity index (χ1v) is 7.22. The first kappa shape index (κ1) is 13.6. The lowest BCUT2D eigenvalue weighted by Crippen LogP contribution is -2.40. The minimum absolute atomic E-state index is 0.542. The molecule has 0 bridgehead atoms. The Morgan fingerprint density at radius 1 is 1.22 bits per heavy atom. The molecule has 1 aliphatic rings. The predicted molar refractivity (Wildman–Crippen MR) is 76.2 cm³/mol. The third kappa shape index (κ3) is 2.77. The van der Waals surface area contributed by atoms with Gasteiger partial charge in [-0.3, -0.25) is 0 Å². The number of piperidine rings is 1. The van der Waals surface area contributed by atoms with Crippen LogP contribution in [0.5, 0.6) is 0 Å². The van der Waals surface area contributed by atoms with Gasteiger partial charge in [0.25, 0.3) is 0 Å². The zero-order valence-electron chi connectivity index (χ0n) is 11.5. The topological polar surface area (TPSA) is 29.0 Å². The predicted octanol–water partition coefficient (Wildman–Crippen LogP) is 3.85. The van der Waals surface area contributed by atoms with E-state index in [2.05, 4.69) is 28.7 Å². The van der Waals surface area contributed by atoms with Gasteiger partial charge >= 0.3 is 0 Å². The molecule has 0 amide bonds. The smallest absolute Gasteiger partial charge is 0.134 e. The summed E-state index contributed by atoms with van der Waals surface area (Å²) in [5, 5.41) is 0.542. The molecule has 0 radical (unpaired) electrons. The summed E-state index contributed by atoms with van der Waals surface area (Å²) in [6.45, 7) is 8.67. The lowest BCUT2D eigenvalue weighted by molar-refractivity contribution is 0.199. The van der Waals surface area contributed by atoms with Crippen molar-refractivity contribution in [2.75, 3.05) is 18.0 Å². The highest BCUT2D eigenvalue weighted by atomic mass is 35.5. The Balaban J connectivity index is 2.09. The summed E-state index contributed by atoms with van der Waals surface area (Å²) in [6.07, 6.45) is 5.06. The van der Waals surface area contributed by atoms with Gasteiger partial charge in [-0.25, -0.2) is 9.97 Å². The van der Waals surface area contributed by atoms with Crippen molar-refractivity contribution in [3.05, 3.63) is 17.0 Å². The molecule has 0 N–H and O–H groups in total. The monoisotopic (exact) mass is 267 g/mol. The molecule has 0 saturated carbocycles. The molecule has 3 nitrogen and oxygen atoms in total. The van der Waals surface area contributed by atoms with Crippen LogP contribution in [0.2, 0.25) is 5.15 Å². The summed E-state index contributed by atoms with van der Waals surface area (Å²) >= 11 is 6.00. The van der Waals surface area contributed by atoms with E-state index in [1.54, 1.807) is 0 Å². The van der Waals surface area contributed by atoms with Gasteiger partial charge in [-0.05, 0) is 25.2 Å². The van der Waals surface area contributed by atoms with Gasteiger partial charge < -0.3 is 4.90 Å². The molecule has 18 heavy (non-hydrogen) atoms. The number of aromatic nitrogens is 2. The number of nitrogens with zero attached hydrogens (tertiary/aromatic N) is 3.